The predicted molar refractivity (Wildman–Crippen MR) is 178 cm³/mol. The van der Waals surface area contributed by atoms with Gasteiger partial charge in [0.1, 0.15) is 20.7 Å². The Kier molecular flexibility index (Phi) is 8.74. The van der Waals surface area contributed by atoms with E-state index in [2.05, 4.69) is 48.4 Å². The van der Waals surface area contributed by atoms with Crippen LogP contribution in [0.2, 0.25) is 0 Å². The molecule has 4 aromatic heterocycles. The third-order valence-corrected chi connectivity index (χ3v) is 10.4. The van der Waals surface area contributed by atoms with Crippen LogP contribution in [0.25, 0.3) is 20.7 Å². The summed E-state index contributed by atoms with van der Waals surface area (Å²) in [5, 5.41) is 4.32. The second kappa shape index (κ2) is 13.2. The van der Waals surface area contributed by atoms with E-state index in [0.29, 0.717) is 18.7 Å². The maximum absolute atomic E-state index is 5.83. The van der Waals surface area contributed by atoms with E-state index < -0.39 is 0 Å². The van der Waals surface area contributed by atoms with Crippen LogP contribution in [-0.4, -0.2) is 81.8 Å². The first kappa shape index (κ1) is 29.1. The third kappa shape index (κ3) is 6.30. The van der Waals surface area contributed by atoms with Crippen molar-refractivity contribution in [3.63, 3.8) is 0 Å². The second-order valence-corrected chi connectivity index (χ2v) is 13.3. The van der Waals surface area contributed by atoms with Gasteiger partial charge in [0.15, 0.2) is 21.8 Å². The van der Waals surface area contributed by atoms with Crippen molar-refractivity contribution in [1.82, 2.24) is 29.8 Å². The molecule has 2 aliphatic heterocycles. The molecule has 12 heteroatoms. The highest BCUT2D eigenvalue weighted by molar-refractivity contribution is 7.22. The van der Waals surface area contributed by atoms with Crippen LogP contribution in [0.5, 0.6) is 11.5 Å². The van der Waals surface area contributed by atoms with Crippen molar-refractivity contribution in [2.75, 3.05) is 50.2 Å². The molecule has 1 N–H and O–H groups in total. The quantitative estimate of drug-likeness (QED) is 0.196. The second-order valence-electron chi connectivity index (χ2n) is 11.3. The van der Waals surface area contributed by atoms with E-state index in [4.69, 9.17) is 19.4 Å². The van der Waals surface area contributed by atoms with Crippen LogP contribution in [0, 0.1) is 0 Å². The van der Waals surface area contributed by atoms with E-state index in [0.717, 1.165) is 101 Å². The number of piperidine rings is 2. The van der Waals surface area contributed by atoms with Crippen molar-refractivity contribution in [2.24, 2.45) is 0 Å². The zero-order valence-electron chi connectivity index (χ0n) is 25.2. The van der Waals surface area contributed by atoms with Crippen molar-refractivity contribution in [3.8, 4) is 11.5 Å². The normalized spacial score (nSPS) is 17.3. The van der Waals surface area contributed by atoms with Gasteiger partial charge in [-0.15, -0.1) is 0 Å². The molecule has 10 nitrogen and oxygen atoms in total. The van der Waals surface area contributed by atoms with E-state index in [9.17, 15) is 0 Å². The number of methoxy groups -OCH3 is 1. The van der Waals surface area contributed by atoms with Gasteiger partial charge in [-0.1, -0.05) is 28.7 Å². The van der Waals surface area contributed by atoms with Crippen molar-refractivity contribution < 1.29 is 9.47 Å². The highest BCUT2D eigenvalue weighted by Crippen LogP contribution is 2.36. The van der Waals surface area contributed by atoms with E-state index in [1.807, 2.05) is 43.6 Å². The minimum absolute atomic E-state index is 0.428. The highest BCUT2D eigenvalue weighted by Gasteiger charge is 2.34. The first-order valence-corrected chi connectivity index (χ1v) is 17.0. The minimum Gasteiger partial charge on any atom is -0.493 e. The molecule has 2 fully saturated rings. The van der Waals surface area contributed by atoms with Crippen LogP contribution < -0.4 is 19.8 Å². The van der Waals surface area contributed by atoms with Gasteiger partial charge >= 0.3 is 0 Å². The van der Waals surface area contributed by atoms with E-state index in [1.165, 1.54) is 5.56 Å². The number of aromatic nitrogens is 4. The predicted octanol–water partition coefficient (Wildman–Crippen LogP) is 6.07. The zero-order valence-corrected chi connectivity index (χ0v) is 26.8. The summed E-state index contributed by atoms with van der Waals surface area (Å²) in [7, 11) is 1.69. The number of fused-ring (bicyclic) bond motifs is 2. The largest absolute Gasteiger partial charge is 0.493 e. The molecular weight excluding hydrogens is 593 g/mol. The fourth-order valence-electron chi connectivity index (χ4n) is 6.39. The van der Waals surface area contributed by atoms with Crippen molar-refractivity contribution >= 4 is 53.6 Å². The number of hydrogen-bond donors (Lipinski definition) is 1. The van der Waals surface area contributed by atoms with Crippen molar-refractivity contribution in [2.45, 2.75) is 51.2 Å². The average Bonchev–Trinajstić information content (AvgIpc) is 3.67. The standard InChI is InChI=1S/C32H38N8O2S2/c1-3-42-28-20-22(8-9-27(28)41-2)21-38-16-10-23(11-17-38)40(32-36-26-7-5-15-34-30(26)44-32)24-12-18-39(19-13-24)37-31-35-25-6-4-14-33-29(25)43-31/h4-9,14-15,20,23-24H,3,10-13,16-19,21H2,1-2H3,(H,35,37). The van der Waals surface area contributed by atoms with Crippen LogP contribution >= 0.6 is 22.7 Å². The fraction of sp³-hybridized carbons (Fsp3) is 0.438. The molecule has 230 valence electrons. The van der Waals surface area contributed by atoms with Gasteiger partial charge in [0.25, 0.3) is 0 Å². The summed E-state index contributed by atoms with van der Waals surface area (Å²) in [5.41, 5.74) is 6.74. The molecule has 0 amide bonds. The topological polar surface area (TPSA) is 91.8 Å². The fourth-order valence-corrected chi connectivity index (χ4v) is 8.28. The van der Waals surface area contributed by atoms with E-state index >= 15 is 0 Å². The van der Waals surface area contributed by atoms with Gasteiger partial charge in [-0.25, -0.2) is 24.9 Å². The van der Waals surface area contributed by atoms with Crippen LogP contribution in [0.1, 0.15) is 38.2 Å². The summed E-state index contributed by atoms with van der Waals surface area (Å²) >= 11 is 3.34. The number of thiazole rings is 2. The van der Waals surface area contributed by atoms with Gasteiger partial charge in [0, 0.05) is 57.2 Å². The zero-order chi connectivity index (χ0) is 29.9. The number of anilines is 2. The number of nitrogens with one attached hydrogen (secondary N) is 1. The van der Waals surface area contributed by atoms with Crippen LogP contribution in [0.15, 0.2) is 54.9 Å². The Morgan fingerprint density at radius 2 is 1.55 bits per heavy atom. The lowest BCUT2D eigenvalue weighted by molar-refractivity contribution is 0.184. The summed E-state index contributed by atoms with van der Waals surface area (Å²) < 4.78 is 11.3. The molecule has 0 saturated carbocycles. The Balaban J connectivity index is 1.03. The summed E-state index contributed by atoms with van der Waals surface area (Å²) in [6.07, 6.45) is 8.02. The molecule has 0 unspecified atom stereocenters. The Morgan fingerprint density at radius 1 is 0.864 bits per heavy atom. The average molecular weight is 631 g/mol. The number of hydrogen-bond acceptors (Lipinski definition) is 12. The van der Waals surface area contributed by atoms with Gasteiger partial charge < -0.3 is 14.4 Å². The van der Waals surface area contributed by atoms with Crippen LogP contribution in [-0.2, 0) is 6.54 Å². The molecule has 1 aromatic carbocycles. The molecule has 0 radical (unpaired) electrons. The molecule has 2 aliphatic rings. The lowest BCUT2D eigenvalue weighted by atomic mass is 9.97. The van der Waals surface area contributed by atoms with Gasteiger partial charge in [-0.3, -0.25) is 10.3 Å². The number of rotatable bonds is 10. The number of pyridine rings is 2. The third-order valence-electron chi connectivity index (χ3n) is 8.54. The van der Waals surface area contributed by atoms with Gasteiger partial charge in [-0.05, 0) is 74.6 Å². The molecular formula is C32H38N8O2S2. The van der Waals surface area contributed by atoms with E-state index in [-0.39, 0.29) is 0 Å². The lowest BCUT2D eigenvalue weighted by Gasteiger charge is -2.45. The molecule has 0 aliphatic carbocycles. The SMILES string of the molecule is CCOc1cc(CN2CCC(N(c3nc4cccnc4s3)C3CCN(Nc4nc5cccnc5s4)CC3)CC2)ccc1OC. The molecule has 2 saturated heterocycles. The smallest absolute Gasteiger partial charge is 0.200 e. The monoisotopic (exact) mass is 630 g/mol. The van der Waals surface area contributed by atoms with Crippen LogP contribution in [0.4, 0.5) is 10.3 Å². The maximum atomic E-state index is 5.83. The van der Waals surface area contributed by atoms with E-state index in [1.54, 1.807) is 29.8 Å². The summed E-state index contributed by atoms with van der Waals surface area (Å²) in [4.78, 5) is 26.1. The lowest BCUT2D eigenvalue weighted by Crippen LogP contribution is -2.53. The number of ether oxygens (including phenoxy) is 2. The Hall–Kier alpha value is -3.58. The molecule has 7 rings (SSSR count). The molecule has 5 aromatic rings. The van der Waals surface area contributed by atoms with Gasteiger partial charge in [0.05, 0.1) is 13.7 Å². The Morgan fingerprint density at radius 3 is 2.20 bits per heavy atom. The Bertz CT molecular complexity index is 1630. The number of hydrazine groups is 1. The minimum atomic E-state index is 0.428. The Labute approximate surface area is 265 Å². The number of likely N-dealkylation sites (tertiary alicyclic amines) is 1. The number of benzene rings is 1. The van der Waals surface area contributed by atoms with Crippen molar-refractivity contribution in [3.05, 3.63) is 60.4 Å². The first-order valence-electron chi connectivity index (χ1n) is 15.4. The summed E-state index contributed by atoms with van der Waals surface area (Å²) in [6, 6.07) is 15.2. The van der Waals surface area contributed by atoms with Crippen LogP contribution in [0.3, 0.4) is 0 Å². The highest BCUT2D eigenvalue weighted by atomic mass is 32.1. The summed E-state index contributed by atoms with van der Waals surface area (Å²) in [6.45, 7) is 7.53. The molecule has 0 spiro atoms. The molecule has 6 heterocycles. The number of nitrogens with zero attached hydrogens (tertiary/aromatic N) is 7. The molecule has 44 heavy (non-hydrogen) atoms. The molecule has 0 bridgehead atoms. The molecule has 0 atom stereocenters. The van der Waals surface area contributed by atoms with Crippen molar-refractivity contribution in [1.29, 1.82) is 0 Å². The van der Waals surface area contributed by atoms with Gasteiger partial charge in [-0.2, -0.15) is 0 Å². The maximum Gasteiger partial charge on any atom is 0.200 e. The summed E-state index contributed by atoms with van der Waals surface area (Å²) in [5.74, 6) is 1.60. The first-order chi connectivity index (χ1) is 21.7. The van der Waals surface area contributed by atoms with Gasteiger partial charge in [0.2, 0.25) is 0 Å².